The fourth-order valence-corrected chi connectivity index (χ4v) is 4.20. The van der Waals surface area contributed by atoms with Crippen LogP contribution in [0.1, 0.15) is 83.3 Å². The van der Waals surface area contributed by atoms with Crippen LogP contribution in [-0.4, -0.2) is 42.4 Å². The van der Waals surface area contributed by atoms with Gasteiger partial charge in [0.15, 0.2) is 0 Å². The molecule has 1 aliphatic heterocycles. The Balaban J connectivity index is 1.90. The van der Waals surface area contributed by atoms with Crippen molar-refractivity contribution < 1.29 is 14.6 Å². The fraction of sp³-hybridized carbons (Fsp3) is 0.750. The van der Waals surface area contributed by atoms with Crippen LogP contribution in [0.25, 0.3) is 0 Å². The zero-order valence-corrected chi connectivity index (χ0v) is 19.0. The van der Waals surface area contributed by atoms with E-state index in [1.54, 1.807) is 0 Å². The lowest BCUT2D eigenvalue weighted by Gasteiger charge is -2.48. The van der Waals surface area contributed by atoms with E-state index in [9.17, 15) is 9.90 Å². The van der Waals surface area contributed by atoms with Crippen LogP contribution in [0.5, 0.6) is 0 Å². The molecule has 164 valence electrons. The Morgan fingerprint density at radius 3 is 2.69 bits per heavy atom. The number of carbonyl (C=O) groups is 1. The molecule has 2 atom stereocenters. The average Bonchev–Trinajstić information content (AvgIpc) is 2.69. The summed E-state index contributed by atoms with van der Waals surface area (Å²) in [6.45, 7) is 13.1. The van der Waals surface area contributed by atoms with E-state index in [2.05, 4.69) is 44.5 Å². The number of aliphatic hydroxyl groups excluding tert-OH is 1. The van der Waals surface area contributed by atoms with Gasteiger partial charge in [0.2, 0.25) is 0 Å². The summed E-state index contributed by atoms with van der Waals surface area (Å²) < 4.78 is 5.57. The summed E-state index contributed by atoms with van der Waals surface area (Å²) in [5, 5.41) is 9.54. The van der Waals surface area contributed by atoms with Gasteiger partial charge in [-0.2, -0.15) is 0 Å². The molecule has 2 heterocycles. The fourth-order valence-electron chi connectivity index (χ4n) is 4.20. The summed E-state index contributed by atoms with van der Waals surface area (Å²) in [6, 6.07) is 2.04. The first-order valence-corrected chi connectivity index (χ1v) is 11.3. The Bertz CT molecular complexity index is 656. The van der Waals surface area contributed by atoms with Gasteiger partial charge < -0.3 is 14.7 Å². The van der Waals surface area contributed by atoms with E-state index >= 15 is 0 Å². The molecule has 5 heteroatoms. The van der Waals surface area contributed by atoms with Crippen LogP contribution in [0, 0.1) is 18.3 Å². The smallest absolute Gasteiger partial charge is 0.305 e. The standard InChI is InChI=1S/C24H40N2O3/c1-6-8-9-20(7-2)14-29-21(28)11-10-18(3)22-19(4)12-13-25-23(22)26-15-24(5,16-26)17-27/h12-13,18,20,27H,6-11,14-17H2,1-5H3. The maximum Gasteiger partial charge on any atom is 0.305 e. The molecule has 5 nitrogen and oxygen atoms in total. The van der Waals surface area contributed by atoms with E-state index in [1.165, 1.54) is 24.0 Å². The van der Waals surface area contributed by atoms with Gasteiger partial charge in [-0.1, -0.05) is 47.0 Å². The summed E-state index contributed by atoms with van der Waals surface area (Å²) in [5.41, 5.74) is 2.39. The number of aliphatic hydroxyl groups is 1. The van der Waals surface area contributed by atoms with E-state index in [-0.39, 0.29) is 23.9 Å². The number of esters is 1. The molecule has 0 aromatic carbocycles. The van der Waals surface area contributed by atoms with Crippen LogP contribution in [0.3, 0.4) is 0 Å². The summed E-state index contributed by atoms with van der Waals surface area (Å²) in [6.07, 6.45) is 7.63. The van der Waals surface area contributed by atoms with Crippen molar-refractivity contribution in [3.05, 3.63) is 23.4 Å². The number of unbranched alkanes of at least 4 members (excludes halogenated alkanes) is 1. The topological polar surface area (TPSA) is 62.7 Å². The summed E-state index contributed by atoms with van der Waals surface area (Å²) in [5.74, 6) is 1.62. The maximum absolute atomic E-state index is 12.3. The van der Waals surface area contributed by atoms with Crippen molar-refractivity contribution in [3.63, 3.8) is 0 Å². The second-order valence-corrected chi connectivity index (χ2v) is 9.23. The molecular formula is C24H40N2O3. The third kappa shape index (κ3) is 6.43. The quantitative estimate of drug-likeness (QED) is 0.505. The first-order valence-electron chi connectivity index (χ1n) is 11.3. The van der Waals surface area contributed by atoms with Crippen molar-refractivity contribution in [2.75, 3.05) is 31.2 Å². The van der Waals surface area contributed by atoms with Crippen LogP contribution < -0.4 is 4.90 Å². The van der Waals surface area contributed by atoms with Crippen LogP contribution in [-0.2, 0) is 9.53 Å². The minimum atomic E-state index is -0.0910. The molecule has 1 fully saturated rings. The Kier molecular flexibility index (Phi) is 8.94. The highest BCUT2D eigenvalue weighted by Gasteiger charge is 2.40. The number of hydrogen-bond acceptors (Lipinski definition) is 5. The maximum atomic E-state index is 12.3. The first-order chi connectivity index (χ1) is 13.8. The van der Waals surface area contributed by atoms with Crippen LogP contribution in [0.4, 0.5) is 5.82 Å². The zero-order valence-electron chi connectivity index (χ0n) is 19.0. The molecule has 1 aromatic heterocycles. The van der Waals surface area contributed by atoms with Gasteiger partial charge in [0.05, 0.1) is 13.2 Å². The largest absolute Gasteiger partial charge is 0.465 e. The Labute approximate surface area is 176 Å². The van der Waals surface area contributed by atoms with Gasteiger partial charge in [0, 0.05) is 36.7 Å². The predicted molar refractivity (Wildman–Crippen MR) is 118 cm³/mol. The van der Waals surface area contributed by atoms with Gasteiger partial charge in [-0.3, -0.25) is 4.79 Å². The number of pyridine rings is 1. The molecule has 0 aliphatic carbocycles. The molecule has 0 saturated carbocycles. The molecule has 2 rings (SSSR count). The Morgan fingerprint density at radius 1 is 1.34 bits per heavy atom. The second kappa shape index (κ2) is 11.0. The van der Waals surface area contributed by atoms with Crippen molar-refractivity contribution >= 4 is 11.8 Å². The Morgan fingerprint density at radius 2 is 2.07 bits per heavy atom. The minimum Gasteiger partial charge on any atom is -0.465 e. The highest BCUT2D eigenvalue weighted by molar-refractivity contribution is 5.69. The third-order valence-corrected chi connectivity index (χ3v) is 6.31. The molecule has 1 aliphatic rings. The average molecular weight is 405 g/mol. The number of nitrogens with zero attached hydrogens (tertiary/aromatic N) is 2. The van der Waals surface area contributed by atoms with E-state index in [0.29, 0.717) is 18.9 Å². The monoisotopic (exact) mass is 404 g/mol. The number of aryl methyl sites for hydroxylation is 1. The minimum absolute atomic E-state index is 0.0384. The Hall–Kier alpha value is -1.62. The van der Waals surface area contributed by atoms with Crippen LogP contribution in [0.2, 0.25) is 0 Å². The number of rotatable bonds is 12. The SMILES string of the molecule is CCCCC(CC)COC(=O)CCC(C)c1c(C)ccnc1N1CC(C)(CO)C1. The van der Waals surface area contributed by atoms with Gasteiger partial charge in [-0.25, -0.2) is 4.98 Å². The molecule has 29 heavy (non-hydrogen) atoms. The molecule has 0 spiro atoms. The number of ether oxygens (including phenoxy) is 1. The number of carbonyl (C=O) groups excluding carboxylic acids is 1. The van der Waals surface area contributed by atoms with Gasteiger partial charge in [-0.05, 0) is 43.2 Å². The highest BCUT2D eigenvalue weighted by atomic mass is 16.5. The predicted octanol–water partition coefficient (Wildman–Crippen LogP) is 4.85. The number of hydrogen-bond donors (Lipinski definition) is 1. The lowest BCUT2D eigenvalue weighted by atomic mass is 9.82. The second-order valence-electron chi connectivity index (χ2n) is 9.23. The van der Waals surface area contributed by atoms with Gasteiger partial charge in [0.1, 0.15) is 5.82 Å². The molecule has 0 radical (unpaired) electrons. The van der Waals surface area contributed by atoms with Crippen molar-refractivity contribution in [2.24, 2.45) is 11.3 Å². The lowest BCUT2D eigenvalue weighted by Crippen LogP contribution is -2.57. The lowest BCUT2D eigenvalue weighted by molar-refractivity contribution is -0.145. The molecular weight excluding hydrogens is 364 g/mol. The molecule has 0 bridgehead atoms. The van der Waals surface area contributed by atoms with Gasteiger partial charge in [-0.15, -0.1) is 0 Å². The van der Waals surface area contributed by atoms with Crippen LogP contribution in [0.15, 0.2) is 12.3 Å². The van der Waals surface area contributed by atoms with E-state index < -0.39 is 0 Å². The molecule has 0 amide bonds. The van der Waals surface area contributed by atoms with Crippen molar-refractivity contribution in [2.45, 2.75) is 79.1 Å². The van der Waals surface area contributed by atoms with Crippen molar-refractivity contribution in [3.8, 4) is 0 Å². The van der Waals surface area contributed by atoms with E-state index in [0.717, 1.165) is 38.2 Å². The van der Waals surface area contributed by atoms with E-state index in [1.807, 2.05) is 12.3 Å². The van der Waals surface area contributed by atoms with Crippen molar-refractivity contribution in [1.82, 2.24) is 4.98 Å². The van der Waals surface area contributed by atoms with Crippen LogP contribution >= 0.6 is 0 Å². The normalized spacial score (nSPS) is 17.5. The summed E-state index contributed by atoms with van der Waals surface area (Å²) >= 11 is 0. The van der Waals surface area contributed by atoms with Gasteiger partial charge in [0.25, 0.3) is 0 Å². The summed E-state index contributed by atoms with van der Waals surface area (Å²) in [4.78, 5) is 19.2. The molecule has 1 saturated heterocycles. The van der Waals surface area contributed by atoms with E-state index in [4.69, 9.17) is 4.74 Å². The van der Waals surface area contributed by atoms with Gasteiger partial charge >= 0.3 is 5.97 Å². The molecule has 1 N–H and O–H groups in total. The van der Waals surface area contributed by atoms with Crippen molar-refractivity contribution in [1.29, 1.82) is 0 Å². The molecule has 1 aromatic rings. The number of aromatic nitrogens is 1. The first kappa shape index (κ1) is 23.7. The summed E-state index contributed by atoms with van der Waals surface area (Å²) in [7, 11) is 0. The highest BCUT2D eigenvalue weighted by Crippen LogP contribution is 2.38. The molecule has 2 unspecified atom stereocenters. The zero-order chi connectivity index (χ0) is 21.4. The number of anilines is 1. The third-order valence-electron chi connectivity index (χ3n) is 6.31.